The minimum atomic E-state index is -0.00278. The van der Waals surface area contributed by atoms with Crippen LogP contribution >= 0.6 is 0 Å². The SMILES string of the molecule is O=C(Nc1cccc(CNC2CC2)c1)C1CCCOC1. The lowest BCUT2D eigenvalue weighted by atomic mass is 10.0. The Kier molecular flexibility index (Phi) is 4.33. The molecule has 20 heavy (non-hydrogen) atoms. The monoisotopic (exact) mass is 274 g/mol. The molecule has 2 N–H and O–H groups in total. The molecule has 1 unspecified atom stereocenters. The second-order valence-electron chi connectivity index (χ2n) is 5.76. The van der Waals surface area contributed by atoms with Crippen LogP contribution in [0.15, 0.2) is 24.3 Å². The van der Waals surface area contributed by atoms with Gasteiger partial charge < -0.3 is 15.4 Å². The summed E-state index contributed by atoms with van der Waals surface area (Å²) in [6.45, 7) is 2.21. The van der Waals surface area contributed by atoms with Crippen LogP contribution in [0.25, 0.3) is 0 Å². The van der Waals surface area contributed by atoms with Crippen LogP contribution in [-0.2, 0) is 16.1 Å². The Hall–Kier alpha value is -1.39. The van der Waals surface area contributed by atoms with E-state index in [1.165, 1.54) is 18.4 Å². The highest BCUT2D eigenvalue weighted by Gasteiger charge is 2.22. The molecule has 0 bridgehead atoms. The molecule has 0 aromatic heterocycles. The third-order valence-corrected chi connectivity index (χ3v) is 3.90. The summed E-state index contributed by atoms with van der Waals surface area (Å²) >= 11 is 0. The number of carbonyl (C=O) groups excluding carboxylic acids is 1. The van der Waals surface area contributed by atoms with E-state index in [1.807, 2.05) is 12.1 Å². The molecule has 1 saturated carbocycles. The molecule has 1 heterocycles. The number of carbonyl (C=O) groups is 1. The van der Waals surface area contributed by atoms with Crippen molar-refractivity contribution in [1.82, 2.24) is 5.32 Å². The lowest BCUT2D eigenvalue weighted by molar-refractivity contribution is -0.123. The zero-order chi connectivity index (χ0) is 13.8. The van der Waals surface area contributed by atoms with Crippen molar-refractivity contribution in [2.45, 2.75) is 38.3 Å². The van der Waals surface area contributed by atoms with Gasteiger partial charge in [-0.2, -0.15) is 0 Å². The lowest BCUT2D eigenvalue weighted by Crippen LogP contribution is -2.30. The molecule has 4 nitrogen and oxygen atoms in total. The van der Waals surface area contributed by atoms with Crippen LogP contribution in [0, 0.1) is 5.92 Å². The largest absolute Gasteiger partial charge is 0.381 e. The lowest BCUT2D eigenvalue weighted by Gasteiger charge is -2.21. The van der Waals surface area contributed by atoms with E-state index in [2.05, 4.69) is 22.8 Å². The predicted octanol–water partition coefficient (Wildman–Crippen LogP) is 2.30. The van der Waals surface area contributed by atoms with Gasteiger partial charge in [-0.15, -0.1) is 0 Å². The van der Waals surface area contributed by atoms with Gasteiger partial charge in [0.05, 0.1) is 12.5 Å². The summed E-state index contributed by atoms with van der Waals surface area (Å²) in [6, 6.07) is 8.79. The normalized spacial score (nSPS) is 22.5. The Balaban J connectivity index is 1.55. The van der Waals surface area contributed by atoms with Gasteiger partial charge in [-0.1, -0.05) is 12.1 Å². The van der Waals surface area contributed by atoms with Crippen LogP contribution in [-0.4, -0.2) is 25.2 Å². The Morgan fingerprint density at radius 2 is 2.20 bits per heavy atom. The van der Waals surface area contributed by atoms with Gasteiger partial charge in [0, 0.05) is 24.9 Å². The van der Waals surface area contributed by atoms with Gasteiger partial charge in [-0.05, 0) is 43.4 Å². The molecular formula is C16H22N2O2. The third-order valence-electron chi connectivity index (χ3n) is 3.90. The predicted molar refractivity (Wildman–Crippen MR) is 78.5 cm³/mol. The second kappa shape index (κ2) is 6.37. The maximum atomic E-state index is 12.1. The summed E-state index contributed by atoms with van der Waals surface area (Å²) in [5.41, 5.74) is 2.10. The summed E-state index contributed by atoms with van der Waals surface area (Å²) in [5.74, 6) is 0.0778. The van der Waals surface area contributed by atoms with E-state index in [4.69, 9.17) is 4.74 Å². The number of anilines is 1. The molecule has 1 amide bonds. The van der Waals surface area contributed by atoms with Crippen LogP contribution in [0.5, 0.6) is 0 Å². The van der Waals surface area contributed by atoms with Gasteiger partial charge in [0.15, 0.2) is 0 Å². The number of amides is 1. The Morgan fingerprint density at radius 3 is 2.95 bits per heavy atom. The summed E-state index contributed by atoms with van der Waals surface area (Å²) in [4.78, 5) is 12.1. The molecule has 1 aromatic carbocycles. The van der Waals surface area contributed by atoms with Crippen molar-refractivity contribution < 1.29 is 9.53 Å². The highest BCUT2D eigenvalue weighted by atomic mass is 16.5. The number of hydrogen-bond donors (Lipinski definition) is 2. The summed E-state index contributed by atoms with van der Waals surface area (Å²) in [6.07, 6.45) is 4.48. The van der Waals surface area contributed by atoms with Crippen molar-refractivity contribution in [3.8, 4) is 0 Å². The molecule has 1 aliphatic carbocycles. The molecule has 1 aromatic rings. The van der Waals surface area contributed by atoms with Gasteiger partial charge in [-0.25, -0.2) is 0 Å². The van der Waals surface area contributed by atoms with Crippen LogP contribution in [0.3, 0.4) is 0 Å². The number of rotatable bonds is 5. The average Bonchev–Trinajstić information content (AvgIpc) is 3.31. The summed E-state index contributed by atoms with van der Waals surface area (Å²) < 4.78 is 5.37. The van der Waals surface area contributed by atoms with E-state index in [9.17, 15) is 4.79 Å². The van der Waals surface area contributed by atoms with Crippen LogP contribution in [0.2, 0.25) is 0 Å². The Labute approximate surface area is 119 Å². The van der Waals surface area contributed by atoms with E-state index in [1.54, 1.807) is 0 Å². The van der Waals surface area contributed by atoms with E-state index < -0.39 is 0 Å². The van der Waals surface area contributed by atoms with Crippen LogP contribution in [0.4, 0.5) is 5.69 Å². The first-order valence-corrected chi connectivity index (χ1v) is 7.52. The van der Waals surface area contributed by atoms with Crippen molar-refractivity contribution in [1.29, 1.82) is 0 Å². The molecule has 2 fully saturated rings. The van der Waals surface area contributed by atoms with E-state index in [0.717, 1.165) is 31.7 Å². The number of benzene rings is 1. The van der Waals surface area contributed by atoms with Gasteiger partial charge in [0.25, 0.3) is 0 Å². The summed E-state index contributed by atoms with van der Waals surface area (Å²) in [5, 5.41) is 6.49. The van der Waals surface area contributed by atoms with Gasteiger partial charge in [0.2, 0.25) is 5.91 Å². The van der Waals surface area contributed by atoms with E-state index >= 15 is 0 Å². The third kappa shape index (κ3) is 3.81. The van der Waals surface area contributed by atoms with Gasteiger partial charge in [0.1, 0.15) is 0 Å². The highest BCUT2D eigenvalue weighted by Crippen LogP contribution is 2.20. The van der Waals surface area contributed by atoms with Crippen LogP contribution in [0.1, 0.15) is 31.2 Å². The molecule has 4 heteroatoms. The summed E-state index contributed by atoms with van der Waals surface area (Å²) in [7, 11) is 0. The standard InChI is InChI=1S/C16H22N2O2/c19-16(13-4-2-8-20-11-13)18-15-5-1-3-12(9-15)10-17-14-6-7-14/h1,3,5,9,13-14,17H,2,4,6-8,10-11H2,(H,18,19). The molecule has 0 radical (unpaired) electrons. The van der Waals surface area contributed by atoms with Crippen molar-refractivity contribution >= 4 is 11.6 Å². The smallest absolute Gasteiger partial charge is 0.229 e. The molecule has 108 valence electrons. The maximum absolute atomic E-state index is 12.1. The molecule has 1 atom stereocenters. The molecule has 1 saturated heterocycles. The van der Waals surface area contributed by atoms with E-state index in [0.29, 0.717) is 12.6 Å². The first kappa shape index (κ1) is 13.6. The number of nitrogens with one attached hydrogen (secondary N) is 2. The van der Waals surface area contributed by atoms with E-state index in [-0.39, 0.29) is 11.8 Å². The van der Waals surface area contributed by atoms with Crippen molar-refractivity contribution in [3.05, 3.63) is 29.8 Å². The fraction of sp³-hybridized carbons (Fsp3) is 0.562. The molecule has 0 spiro atoms. The Morgan fingerprint density at radius 1 is 1.30 bits per heavy atom. The zero-order valence-electron chi connectivity index (χ0n) is 11.7. The highest BCUT2D eigenvalue weighted by molar-refractivity contribution is 5.92. The molecule has 1 aliphatic heterocycles. The minimum absolute atomic E-state index is 0.00278. The Bertz CT molecular complexity index is 465. The van der Waals surface area contributed by atoms with Crippen molar-refractivity contribution in [2.75, 3.05) is 18.5 Å². The first-order valence-electron chi connectivity index (χ1n) is 7.52. The topological polar surface area (TPSA) is 50.4 Å². The molecule has 3 rings (SSSR count). The fourth-order valence-electron chi connectivity index (χ4n) is 2.50. The number of ether oxygens (including phenoxy) is 1. The van der Waals surface area contributed by atoms with Gasteiger partial charge >= 0.3 is 0 Å². The van der Waals surface area contributed by atoms with Crippen molar-refractivity contribution in [2.24, 2.45) is 5.92 Å². The number of hydrogen-bond acceptors (Lipinski definition) is 3. The molecular weight excluding hydrogens is 252 g/mol. The average molecular weight is 274 g/mol. The van der Waals surface area contributed by atoms with Crippen molar-refractivity contribution in [3.63, 3.8) is 0 Å². The zero-order valence-corrected chi connectivity index (χ0v) is 11.7. The quantitative estimate of drug-likeness (QED) is 0.866. The van der Waals surface area contributed by atoms with Crippen LogP contribution < -0.4 is 10.6 Å². The second-order valence-corrected chi connectivity index (χ2v) is 5.76. The fourth-order valence-corrected chi connectivity index (χ4v) is 2.50. The first-order chi connectivity index (χ1) is 9.81. The minimum Gasteiger partial charge on any atom is -0.381 e. The van der Waals surface area contributed by atoms with Gasteiger partial charge in [-0.3, -0.25) is 4.79 Å². The molecule has 2 aliphatic rings. The maximum Gasteiger partial charge on any atom is 0.229 e.